The van der Waals surface area contributed by atoms with Gasteiger partial charge in [-0.25, -0.2) is 0 Å². The van der Waals surface area contributed by atoms with E-state index < -0.39 is 29.7 Å². The lowest BCUT2D eigenvalue weighted by atomic mass is 10.0. The Morgan fingerprint density at radius 1 is 0.923 bits per heavy atom. The van der Waals surface area contributed by atoms with Gasteiger partial charge in [-0.2, -0.15) is 0 Å². The first-order valence-corrected chi connectivity index (χ1v) is 14.2. The number of rotatable bonds is 16. The molecule has 2 heterocycles. The van der Waals surface area contributed by atoms with Crippen molar-refractivity contribution in [2.24, 2.45) is 0 Å². The van der Waals surface area contributed by atoms with E-state index in [1.165, 1.54) is 12.8 Å². The highest BCUT2D eigenvalue weighted by Crippen LogP contribution is 2.33. The molecule has 3 rings (SSSR count). The molecular formula is C30H42N2O7. The summed E-state index contributed by atoms with van der Waals surface area (Å²) in [5.41, 5.74) is 0.143. The van der Waals surface area contributed by atoms with Crippen molar-refractivity contribution in [3.05, 3.63) is 29.3 Å². The number of nitrogens with zero attached hydrogens (tertiary/aromatic N) is 1. The van der Waals surface area contributed by atoms with Crippen LogP contribution in [-0.4, -0.2) is 59.2 Å². The van der Waals surface area contributed by atoms with Gasteiger partial charge in [0.05, 0.1) is 23.3 Å². The van der Waals surface area contributed by atoms with Crippen LogP contribution in [0.2, 0.25) is 0 Å². The normalized spacial score (nSPS) is 17.4. The number of imide groups is 2. The van der Waals surface area contributed by atoms with Crippen LogP contribution in [0.15, 0.2) is 18.2 Å². The number of amides is 4. The molecule has 1 unspecified atom stereocenters. The van der Waals surface area contributed by atoms with Gasteiger partial charge < -0.3 is 9.47 Å². The Balaban J connectivity index is 1.29. The second-order valence-corrected chi connectivity index (χ2v) is 11.3. The third-order valence-corrected chi connectivity index (χ3v) is 6.95. The van der Waals surface area contributed by atoms with Crippen LogP contribution in [-0.2, 0) is 19.1 Å². The molecule has 0 bridgehead atoms. The van der Waals surface area contributed by atoms with E-state index in [-0.39, 0.29) is 42.0 Å². The van der Waals surface area contributed by atoms with Gasteiger partial charge in [-0.15, -0.1) is 0 Å². The number of carbonyl (C=O) groups excluding carboxylic acids is 5. The van der Waals surface area contributed by atoms with Gasteiger partial charge in [-0.3, -0.25) is 34.2 Å². The summed E-state index contributed by atoms with van der Waals surface area (Å²) >= 11 is 0. The molecule has 39 heavy (non-hydrogen) atoms. The lowest BCUT2D eigenvalue weighted by Gasteiger charge is -2.27. The Kier molecular flexibility index (Phi) is 11.2. The lowest BCUT2D eigenvalue weighted by Crippen LogP contribution is -2.54. The molecule has 1 atom stereocenters. The van der Waals surface area contributed by atoms with Crippen molar-refractivity contribution in [3.63, 3.8) is 0 Å². The molecular weight excluding hydrogens is 500 g/mol. The van der Waals surface area contributed by atoms with Gasteiger partial charge in [-0.05, 0) is 52.2 Å². The summed E-state index contributed by atoms with van der Waals surface area (Å²) in [4.78, 5) is 62.5. The fourth-order valence-corrected chi connectivity index (χ4v) is 4.82. The molecule has 1 aromatic rings. The van der Waals surface area contributed by atoms with E-state index in [2.05, 4.69) is 5.32 Å². The summed E-state index contributed by atoms with van der Waals surface area (Å²) in [5.74, 6) is -1.58. The molecule has 1 aromatic carbocycles. The fraction of sp³-hybridized carbons (Fsp3) is 0.633. The van der Waals surface area contributed by atoms with Crippen LogP contribution in [0.3, 0.4) is 0 Å². The van der Waals surface area contributed by atoms with Crippen molar-refractivity contribution in [1.29, 1.82) is 0 Å². The smallest absolute Gasteiger partial charge is 0.266 e. The Hall–Kier alpha value is -3.07. The number of carbonyl (C=O) groups is 5. The van der Waals surface area contributed by atoms with Crippen molar-refractivity contribution >= 4 is 29.4 Å². The molecule has 0 spiro atoms. The fourth-order valence-electron chi connectivity index (χ4n) is 4.82. The largest absolute Gasteiger partial charge is 0.493 e. The van der Waals surface area contributed by atoms with E-state index in [0.717, 1.165) is 49.8 Å². The number of hydrogen-bond acceptors (Lipinski definition) is 7. The molecule has 214 valence electrons. The highest BCUT2D eigenvalue weighted by molar-refractivity contribution is 6.24. The first-order valence-electron chi connectivity index (χ1n) is 14.2. The summed E-state index contributed by atoms with van der Waals surface area (Å²) < 4.78 is 11.4. The molecule has 9 nitrogen and oxygen atoms in total. The summed E-state index contributed by atoms with van der Waals surface area (Å²) in [5, 5.41) is 2.20. The van der Waals surface area contributed by atoms with Crippen molar-refractivity contribution in [1.82, 2.24) is 10.2 Å². The molecule has 2 aliphatic rings. The minimum atomic E-state index is -0.988. The van der Waals surface area contributed by atoms with E-state index in [1.54, 1.807) is 18.2 Å². The highest BCUT2D eigenvalue weighted by Gasteiger charge is 2.45. The molecule has 9 heteroatoms. The summed E-state index contributed by atoms with van der Waals surface area (Å²) in [7, 11) is 0. The summed E-state index contributed by atoms with van der Waals surface area (Å²) in [6.45, 7) is 6.49. The van der Waals surface area contributed by atoms with Crippen molar-refractivity contribution in [2.45, 2.75) is 109 Å². The number of piperidine rings is 1. The summed E-state index contributed by atoms with van der Waals surface area (Å²) in [6, 6.07) is 3.92. The Morgan fingerprint density at radius 3 is 2.21 bits per heavy atom. The molecule has 2 aliphatic heterocycles. The number of unbranched alkanes of at least 4 members (excludes halogenated alkanes) is 8. The third-order valence-electron chi connectivity index (χ3n) is 6.95. The zero-order valence-corrected chi connectivity index (χ0v) is 23.5. The molecule has 0 aromatic heterocycles. The number of benzene rings is 1. The average molecular weight is 543 g/mol. The zero-order chi connectivity index (χ0) is 28.4. The first kappa shape index (κ1) is 30.5. The maximum Gasteiger partial charge on any atom is 0.266 e. The van der Waals surface area contributed by atoms with Gasteiger partial charge in [0.1, 0.15) is 18.4 Å². The second-order valence-electron chi connectivity index (χ2n) is 11.3. The maximum atomic E-state index is 13.1. The van der Waals surface area contributed by atoms with E-state index >= 15 is 0 Å². The number of ketones is 1. The van der Waals surface area contributed by atoms with Gasteiger partial charge in [0.2, 0.25) is 11.8 Å². The Labute approximate surface area is 231 Å². The maximum absolute atomic E-state index is 13.1. The molecule has 1 fully saturated rings. The van der Waals surface area contributed by atoms with Crippen molar-refractivity contribution in [3.8, 4) is 5.75 Å². The van der Waals surface area contributed by atoms with Crippen LogP contribution in [0.25, 0.3) is 0 Å². The molecule has 0 aliphatic carbocycles. The van der Waals surface area contributed by atoms with E-state index in [1.807, 2.05) is 20.8 Å². The van der Waals surface area contributed by atoms with Crippen LogP contribution >= 0.6 is 0 Å². The Bertz CT molecular complexity index is 1060. The van der Waals surface area contributed by atoms with Gasteiger partial charge in [0.25, 0.3) is 11.8 Å². The SMILES string of the molecule is CC(C)(C)OCC(=O)CCCCCCCCCCCOc1cccc2c1C(=O)N(C1CCC(=O)NC1=O)C2=O. The number of fused-ring (bicyclic) bond motifs is 1. The standard InChI is InChI=1S/C30H42N2O7/c1-30(2,3)39-20-21(33)14-11-9-7-5-4-6-8-10-12-19-38-24-16-13-15-22-26(24)29(37)32(28(22)36)23-17-18-25(34)31-27(23)35/h13,15-16,23H,4-12,14,17-20H2,1-3H3,(H,31,34,35). The predicted molar refractivity (Wildman–Crippen MR) is 145 cm³/mol. The highest BCUT2D eigenvalue weighted by atomic mass is 16.5. The van der Waals surface area contributed by atoms with Gasteiger partial charge in [-0.1, -0.05) is 51.0 Å². The lowest BCUT2D eigenvalue weighted by molar-refractivity contribution is -0.136. The molecule has 1 saturated heterocycles. The van der Waals surface area contributed by atoms with Crippen LogP contribution in [0.5, 0.6) is 5.75 Å². The monoisotopic (exact) mass is 542 g/mol. The number of nitrogens with one attached hydrogen (secondary N) is 1. The average Bonchev–Trinajstić information content (AvgIpc) is 3.13. The molecule has 0 radical (unpaired) electrons. The first-order chi connectivity index (χ1) is 18.6. The van der Waals surface area contributed by atoms with E-state index in [9.17, 15) is 24.0 Å². The van der Waals surface area contributed by atoms with Crippen LogP contribution in [0.4, 0.5) is 0 Å². The van der Waals surface area contributed by atoms with Crippen LogP contribution < -0.4 is 10.1 Å². The predicted octanol–water partition coefficient (Wildman–Crippen LogP) is 4.75. The molecule has 4 amide bonds. The van der Waals surface area contributed by atoms with Crippen molar-refractivity contribution < 1.29 is 33.4 Å². The minimum absolute atomic E-state index is 0.0852. The molecule has 1 N–H and O–H groups in total. The van der Waals surface area contributed by atoms with Crippen molar-refractivity contribution in [2.75, 3.05) is 13.2 Å². The second kappa shape index (κ2) is 14.4. The number of ether oxygens (including phenoxy) is 2. The van der Waals surface area contributed by atoms with Crippen LogP contribution in [0.1, 0.15) is 119 Å². The van der Waals surface area contributed by atoms with Gasteiger partial charge >= 0.3 is 0 Å². The Morgan fingerprint density at radius 2 is 1.56 bits per heavy atom. The third kappa shape index (κ3) is 8.98. The van der Waals surface area contributed by atoms with Gasteiger partial charge in [0.15, 0.2) is 5.78 Å². The number of hydrogen-bond donors (Lipinski definition) is 1. The zero-order valence-electron chi connectivity index (χ0n) is 23.5. The van der Waals surface area contributed by atoms with Crippen LogP contribution in [0, 0.1) is 0 Å². The number of Topliss-reactive ketones (excluding diaryl/α,β-unsaturated/α-hetero) is 1. The van der Waals surface area contributed by atoms with E-state index in [4.69, 9.17) is 9.47 Å². The van der Waals surface area contributed by atoms with Gasteiger partial charge in [0, 0.05) is 12.8 Å². The minimum Gasteiger partial charge on any atom is -0.493 e. The summed E-state index contributed by atoms with van der Waals surface area (Å²) in [6.07, 6.45) is 10.3. The topological polar surface area (TPSA) is 119 Å². The quantitative estimate of drug-likeness (QED) is 0.236. The van der Waals surface area contributed by atoms with E-state index in [0.29, 0.717) is 18.8 Å². The molecule has 0 saturated carbocycles.